The molecule has 0 saturated carbocycles. The molecule has 0 bridgehead atoms. The van der Waals surface area contributed by atoms with Gasteiger partial charge in [-0.3, -0.25) is 0 Å². The van der Waals surface area contributed by atoms with Crippen molar-refractivity contribution in [3.63, 3.8) is 0 Å². The van der Waals surface area contributed by atoms with Crippen LogP contribution in [0.2, 0.25) is 0 Å². The van der Waals surface area contributed by atoms with Crippen molar-refractivity contribution in [2.45, 2.75) is 18.9 Å². The number of benzene rings is 1. The molecular weight excluding hydrogens is 308 g/mol. The third-order valence-corrected chi connectivity index (χ3v) is 4.15. The number of anilines is 1. The van der Waals surface area contributed by atoms with Crippen molar-refractivity contribution < 1.29 is 15.1 Å². The van der Waals surface area contributed by atoms with Crippen LogP contribution in [0.1, 0.15) is 24.1 Å². The average molecular weight is 328 g/mol. The number of rotatable bonds is 4. The third kappa shape index (κ3) is 3.46. The molecule has 1 saturated heterocycles. The Morgan fingerprint density at radius 1 is 1.21 bits per heavy atom. The number of piperidine rings is 1. The highest BCUT2D eigenvalue weighted by molar-refractivity contribution is 6.11. The molecule has 126 valence electrons. The summed E-state index contributed by atoms with van der Waals surface area (Å²) in [7, 11) is 1.60. The quantitative estimate of drug-likeness (QED) is 0.504. The van der Waals surface area contributed by atoms with Crippen molar-refractivity contribution in [3.8, 4) is 5.75 Å². The highest BCUT2D eigenvalue weighted by Crippen LogP contribution is 2.20. The summed E-state index contributed by atoms with van der Waals surface area (Å²) in [6.07, 6.45) is 2.67. The van der Waals surface area contributed by atoms with Crippen LogP contribution in [0.4, 0.5) is 5.82 Å². The summed E-state index contributed by atoms with van der Waals surface area (Å²) in [5.41, 5.74) is 1.65. The summed E-state index contributed by atoms with van der Waals surface area (Å²) in [5.74, 6) is 1.49. The van der Waals surface area contributed by atoms with Gasteiger partial charge in [-0.2, -0.15) is 0 Å². The summed E-state index contributed by atoms with van der Waals surface area (Å²) in [5, 5.41) is 22.5. The topological polar surface area (TPSA) is 91.1 Å². The van der Waals surface area contributed by atoms with Crippen molar-refractivity contribution in [2.75, 3.05) is 25.1 Å². The minimum atomic E-state index is -0.239. The van der Waals surface area contributed by atoms with Gasteiger partial charge in [0.25, 0.3) is 0 Å². The third-order valence-electron chi connectivity index (χ3n) is 4.15. The number of aliphatic hydroxyl groups is 1. The number of hydrogen-bond donors (Lipinski definition) is 2. The first-order valence-corrected chi connectivity index (χ1v) is 7.83. The molecule has 0 amide bonds. The molecule has 1 aromatic heterocycles. The molecule has 0 atom stereocenters. The van der Waals surface area contributed by atoms with Gasteiger partial charge in [-0.1, -0.05) is 5.16 Å². The van der Waals surface area contributed by atoms with Gasteiger partial charge in [0.1, 0.15) is 23.6 Å². The Morgan fingerprint density at radius 2 is 1.92 bits per heavy atom. The lowest BCUT2D eigenvalue weighted by atomic mass is 10.1. The molecule has 24 heavy (non-hydrogen) atoms. The highest BCUT2D eigenvalue weighted by Gasteiger charge is 2.19. The molecule has 0 spiro atoms. The fourth-order valence-electron chi connectivity index (χ4n) is 2.75. The van der Waals surface area contributed by atoms with Crippen molar-refractivity contribution in [2.24, 2.45) is 5.16 Å². The maximum Gasteiger partial charge on any atom is 0.135 e. The Hall–Kier alpha value is -2.67. The smallest absolute Gasteiger partial charge is 0.135 e. The minimum absolute atomic E-state index is 0.239. The normalized spacial score (nSPS) is 16.2. The highest BCUT2D eigenvalue weighted by atomic mass is 16.5. The number of aromatic nitrogens is 2. The number of hydrogen-bond acceptors (Lipinski definition) is 7. The van der Waals surface area contributed by atoms with Gasteiger partial charge in [-0.15, -0.1) is 0 Å². The number of methoxy groups -OCH3 is 1. The Balaban J connectivity index is 1.85. The molecule has 7 heteroatoms. The molecule has 0 radical (unpaired) electrons. The number of oxime groups is 1. The molecule has 1 aliphatic heterocycles. The zero-order valence-electron chi connectivity index (χ0n) is 13.5. The summed E-state index contributed by atoms with van der Waals surface area (Å²) >= 11 is 0. The number of ether oxygens (including phenoxy) is 1. The van der Waals surface area contributed by atoms with Crippen LogP contribution >= 0.6 is 0 Å². The van der Waals surface area contributed by atoms with Gasteiger partial charge in [0.2, 0.25) is 0 Å². The van der Waals surface area contributed by atoms with E-state index in [4.69, 9.17) is 4.74 Å². The predicted octanol–water partition coefficient (Wildman–Crippen LogP) is 1.67. The monoisotopic (exact) mass is 328 g/mol. The SMILES string of the molecule is COc1ccc(/C(=N\O)c2cc(N3CCC(O)CC3)ncn2)cc1. The van der Waals surface area contributed by atoms with E-state index in [0.717, 1.165) is 43.1 Å². The van der Waals surface area contributed by atoms with Crippen molar-refractivity contribution in [3.05, 3.63) is 47.9 Å². The summed E-state index contributed by atoms with van der Waals surface area (Å²) in [6, 6.07) is 9.03. The Kier molecular flexibility index (Phi) is 4.90. The lowest BCUT2D eigenvalue weighted by Crippen LogP contribution is -2.36. The largest absolute Gasteiger partial charge is 0.497 e. The van der Waals surface area contributed by atoms with E-state index in [-0.39, 0.29) is 6.10 Å². The number of nitrogens with zero attached hydrogens (tertiary/aromatic N) is 4. The Morgan fingerprint density at radius 3 is 2.54 bits per heavy atom. The van der Waals surface area contributed by atoms with E-state index in [2.05, 4.69) is 20.0 Å². The second-order valence-corrected chi connectivity index (χ2v) is 5.66. The van der Waals surface area contributed by atoms with Crippen LogP contribution in [0, 0.1) is 0 Å². The summed E-state index contributed by atoms with van der Waals surface area (Å²) in [6.45, 7) is 1.48. The molecule has 2 heterocycles. The molecule has 2 aromatic rings. The van der Waals surface area contributed by atoms with Crippen LogP contribution in [0.25, 0.3) is 0 Å². The van der Waals surface area contributed by atoms with Gasteiger partial charge in [-0.05, 0) is 37.1 Å². The van der Waals surface area contributed by atoms with E-state index < -0.39 is 0 Å². The van der Waals surface area contributed by atoms with Crippen LogP contribution in [-0.2, 0) is 0 Å². The second kappa shape index (κ2) is 7.27. The standard InChI is InChI=1S/C17H20N4O3/c1-24-14-4-2-12(3-5-14)17(20-23)15-10-16(19-11-18-15)21-8-6-13(22)7-9-21/h2-5,10-11,13,22-23H,6-9H2,1H3/b20-17+. The number of aliphatic hydroxyl groups excluding tert-OH is 1. The average Bonchev–Trinajstić information content (AvgIpc) is 2.64. The van der Waals surface area contributed by atoms with Gasteiger partial charge in [0.05, 0.1) is 18.9 Å². The first-order valence-electron chi connectivity index (χ1n) is 7.83. The molecule has 2 N–H and O–H groups in total. The Labute approximate surface area is 140 Å². The van der Waals surface area contributed by atoms with E-state index in [1.807, 2.05) is 12.1 Å². The molecule has 3 rings (SSSR count). The molecule has 1 fully saturated rings. The van der Waals surface area contributed by atoms with Gasteiger partial charge >= 0.3 is 0 Å². The zero-order valence-corrected chi connectivity index (χ0v) is 13.5. The second-order valence-electron chi connectivity index (χ2n) is 5.66. The summed E-state index contributed by atoms with van der Waals surface area (Å²) in [4.78, 5) is 10.6. The van der Waals surface area contributed by atoms with E-state index in [0.29, 0.717) is 11.4 Å². The first kappa shape index (κ1) is 16.2. The van der Waals surface area contributed by atoms with Crippen LogP contribution in [0.15, 0.2) is 41.8 Å². The fourth-order valence-corrected chi connectivity index (χ4v) is 2.75. The van der Waals surface area contributed by atoms with Crippen LogP contribution in [-0.4, -0.2) is 52.3 Å². The maximum absolute atomic E-state index is 9.62. The van der Waals surface area contributed by atoms with Crippen molar-refractivity contribution in [1.82, 2.24) is 9.97 Å². The molecule has 0 unspecified atom stereocenters. The molecular formula is C17H20N4O3. The van der Waals surface area contributed by atoms with Gasteiger partial charge in [-0.25, -0.2) is 9.97 Å². The molecule has 7 nitrogen and oxygen atoms in total. The predicted molar refractivity (Wildman–Crippen MR) is 89.9 cm³/mol. The Bertz CT molecular complexity index is 710. The van der Waals surface area contributed by atoms with E-state index >= 15 is 0 Å². The lowest BCUT2D eigenvalue weighted by Gasteiger charge is -2.30. The first-order chi connectivity index (χ1) is 11.7. The molecule has 0 aliphatic carbocycles. The van der Waals surface area contributed by atoms with Gasteiger partial charge < -0.3 is 20.0 Å². The maximum atomic E-state index is 9.62. The van der Waals surface area contributed by atoms with E-state index in [9.17, 15) is 10.3 Å². The minimum Gasteiger partial charge on any atom is -0.497 e. The van der Waals surface area contributed by atoms with E-state index in [1.165, 1.54) is 6.33 Å². The van der Waals surface area contributed by atoms with Gasteiger partial charge in [0, 0.05) is 24.7 Å². The summed E-state index contributed by atoms with van der Waals surface area (Å²) < 4.78 is 5.14. The zero-order chi connectivity index (χ0) is 16.9. The van der Waals surface area contributed by atoms with Crippen molar-refractivity contribution in [1.29, 1.82) is 0 Å². The van der Waals surface area contributed by atoms with Gasteiger partial charge in [0.15, 0.2) is 0 Å². The molecule has 1 aliphatic rings. The van der Waals surface area contributed by atoms with Crippen LogP contribution in [0.5, 0.6) is 5.75 Å². The van der Waals surface area contributed by atoms with Crippen molar-refractivity contribution >= 4 is 11.5 Å². The van der Waals surface area contributed by atoms with Crippen LogP contribution < -0.4 is 9.64 Å². The lowest BCUT2D eigenvalue weighted by molar-refractivity contribution is 0.145. The van der Waals surface area contributed by atoms with E-state index in [1.54, 1.807) is 25.3 Å². The van der Waals surface area contributed by atoms with Crippen LogP contribution in [0.3, 0.4) is 0 Å². The fraction of sp³-hybridized carbons (Fsp3) is 0.353. The molecule has 1 aromatic carbocycles.